The highest BCUT2D eigenvalue weighted by molar-refractivity contribution is 6.83. The van der Waals surface area contributed by atoms with Crippen LogP contribution in [0.1, 0.15) is 0 Å². The van der Waals surface area contributed by atoms with Crippen molar-refractivity contribution < 1.29 is 18.2 Å². The molecule has 0 saturated carbocycles. The lowest BCUT2D eigenvalue weighted by Crippen LogP contribution is -2.53. The van der Waals surface area contributed by atoms with Crippen molar-refractivity contribution in [3.8, 4) is 0 Å². The molecular formula is C14H31N2O3Si2+. The van der Waals surface area contributed by atoms with Gasteiger partial charge in [0.1, 0.15) is 25.1 Å². The van der Waals surface area contributed by atoms with Crippen LogP contribution >= 0.6 is 0 Å². The van der Waals surface area contributed by atoms with E-state index in [1.807, 2.05) is 0 Å². The summed E-state index contributed by atoms with van der Waals surface area (Å²) in [6, 6.07) is 0. The van der Waals surface area contributed by atoms with E-state index in [1.54, 1.807) is 7.11 Å². The molecule has 1 rings (SSSR count). The lowest BCUT2D eigenvalue weighted by atomic mass is 10.6. The molecule has 0 fully saturated rings. The Morgan fingerprint density at radius 3 is 2.38 bits per heavy atom. The van der Waals surface area contributed by atoms with Gasteiger partial charge in [0.05, 0.1) is 19.8 Å². The zero-order chi connectivity index (χ0) is 15.9. The number of aromatic nitrogens is 2. The number of nitrogens with zero attached hydrogens (tertiary/aromatic N) is 2. The number of methoxy groups -OCH3 is 1. The summed E-state index contributed by atoms with van der Waals surface area (Å²) in [5.74, 6) is 0. The minimum Gasteiger partial charge on any atom is -0.453 e. The standard InChI is InChI=1S/C14H31N2O3Si2/c1-17-11-12-18-10-9-15-7-8-16(13-15)14-21(5,6)19-20(2,3)4/h7-8,13H,9-12,14H2,1-6H3/q+1. The molecule has 5 nitrogen and oxygen atoms in total. The molecular weight excluding hydrogens is 300 g/mol. The van der Waals surface area contributed by atoms with E-state index in [0.29, 0.717) is 19.8 Å². The van der Waals surface area contributed by atoms with E-state index in [0.717, 1.165) is 12.7 Å². The zero-order valence-electron chi connectivity index (χ0n) is 14.4. The number of hydrogen-bond donors (Lipinski definition) is 0. The molecule has 0 aromatic carbocycles. The van der Waals surface area contributed by atoms with Gasteiger partial charge in [-0.3, -0.25) is 0 Å². The molecule has 0 aliphatic rings. The summed E-state index contributed by atoms with van der Waals surface area (Å²) < 4.78 is 21.2. The lowest BCUT2D eigenvalue weighted by molar-refractivity contribution is -0.681. The molecule has 0 bridgehead atoms. The van der Waals surface area contributed by atoms with Gasteiger partial charge >= 0.3 is 0 Å². The molecule has 0 N–H and O–H groups in total. The van der Waals surface area contributed by atoms with Crippen molar-refractivity contribution in [2.24, 2.45) is 0 Å². The van der Waals surface area contributed by atoms with E-state index in [-0.39, 0.29) is 0 Å². The van der Waals surface area contributed by atoms with Crippen molar-refractivity contribution in [1.29, 1.82) is 0 Å². The summed E-state index contributed by atoms with van der Waals surface area (Å²) in [7, 11) is -1.43. The quantitative estimate of drug-likeness (QED) is 0.374. The van der Waals surface area contributed by atoms with Gasteiger partial charge in [-0.1, -0.05) is 0 Å². The van der Waals surface area contributed by atoms with Gasteiger partial charge in [0.25, 0.3) is 0 Å². The highest BCUT2D eigenvalue weighted by Crippen LogP contribution is 2.13. The monoisotopic (exact) mass is 331 g/mol. The number of ether oxygens (including phenoxy) is 2. The van der Waals surface area contributed by atoms with Crippen LogP contribution in [0.15, 0.2) is 18.7 Å². The van der Waals surface area contributed by atoms with Gasteiger partial charge in [-0.15, -0.1) is 0 Å². The van der Waals surface area contributed by atoms with Gasteiger partial charge < -0.3 is 13.6 Å². The molecule has 0 saturated heterocycles. The summed E-state index contributed by atoms with van der Waals surface area (Å²) >= 11 is 0. The van der Waals surface area contributed by atoms with E-state index in [4.69, 9.17) is 13.6 Å². The van der Waals surface area contributed by atoms with Crippen LogP contribution in [0.2, 0.25) is 32.7 Å². The van der Waals surface area contributed by atoms with Gasteiger partial charge in [0.2, 0.25) is 14.6 Å². The van der Waals surface area contributed by atoms with E-state index in [2.05, 4.69) is 60.6 Å². The van der Waals surface area contributed by atoms with Crippen LogP contribution in [0.3, 0.4) is 0 Å². The predicted octanol–water partition coefficient (Wildman–Crippen LogP) is 2.03. The normalized spacial score (nSPS) is 12.9. The molecule has 1 heterocycles. The van der Waals surface area contributed by atoms with Gasteiger partial charge in [-0.2, -0.15) is 0 Å². The third-order valence-corrected chi connectivity index (χ3v) is 8.60. The maximum absolute atomic E-state index is 6.37. The van der Waals surface area contributed by atoms with Crippen molar-refractivity contribution in [3.63, 3.8) is 0 Å². The van der Waals surface area contributed by atoms with Crippen molar-refractivity contribution >= 4 is 16.6 Å². The molecule has 0 aliphatic carbocycles. The Labute approximate surface area is 131 Å². The van der Waals surface area contributed by atoms with Gasteiger partial charge in [0.15, 0.2) is 8.32 Å². The molecule has 7 heteroatoms. The molecule has 0 amide bonds. The first-order chi connectivity index (χ1) is 9.72. The Morgan fingerprint density at radius 2 is 1.76 bits per heavy atom. The van der Waals surface area contributed by atoms with Crippen molar-refractivity contribution in [2.75, 3.05) is 26.9 Å². The Kier molecular flexibility index (Phi) is 7.28. The largest absolute Gasteiger partial charge is 0.453 e. The number of hydrogen-bond acceptors (Lipinski definition) is 3. The van der Waals surface area contributed by atoms with E-state index >= 15 is 0 Å². The summed E-state index contributed by atoms with van der Waals surface area (Å²) in [5, 5.41) is 0. The topological polar surface area (TPSA) is 36.5 Å². The first kappa shape index (κ1) is 18.6. The summed E-state index contributed by atoms with van der Waals surface area (Å²) in [5.41, 5.74) is 0. The fourth-order valence-electron chi connectivity index (χ4n) is 2.38. The number of imidazole rings is 1. The molecule has 0 aliphatic heterocycles. The maximum atomic E-state index is 6.37. The molecule has 0 spiro atoms. The maximum Gasteiger partial charge on any atom is 0.243 e. The van der Waals surface area contributed by atoms with Crippen molar-refractivity contribution in [3.05, 3.63) is 18.7 Å². The highest BCUT2D eigenvalue weighted by atomic mass is 28.4. The minimum atomic E-state index is -1.65. The smallest absolute Gasteiger partial charge is 0.243 e. The molecule has 0 unspecified atom stereocenters. The molecule has 21 heavy (non-hydrogen) atoms. The lowest BCUT2D eigenvalue weighted by Gasteiger charge is -2.29. The molecule has 0 radical (unpaired) electrons. The third kappa shape index (κ3) is 8.52. The van der Waals surface area contributed by atoms with Crippen LogP contribution in [-0.4, -0.2) is 48.1 Å². The van der Waals surface area contributed by atoms with Gasteiger partial charge in [-0.05, 0) is 32.7 Å². The number of rotatable bonds is 10. The Bertz CT molecular complexity index is 417. The van der Waals surface area contributed by atoms with Crippen LogP contribution in [0.25, 0.3) is 0 Å². The average molecular weight is 332 g/mol. The average Bonchev–Trinajstić information content (AvgIpc) is 2.72. The Hall–Kier alpha value is -0.476. The van der Waals surface area contributed by atoms with Crippen LogP contribution in [0.5, 0.6) is 0 Å². The SMILES string of the molecule is COCCOCCn1cc[n+](C[Si](C)(C)O[Si](C)(C)C)c1. The first-order valence-corrected chi connectivity index (χ1v) is 14.1. The Morgan fingerprint density at radius 1 is 1.05 bits per heavy atom. The van der Waals surface area contributed by atoms with Crippen molar-refractivity contribution in [1.82, 2.24) is 4.57 Å². The van der Waals surface area contributed by atoms with E-state index < -0.39 is 16.6 Å². The minimum absolute atomic E-state index is 0.652. The summed E-state index contributed by atoms with van der Waals surface area (Å²) in [6.45, 7) is 14.3. The van der Waals surface area contributed by atoms with Gasteiger partial charge in [0, 0.05) is 7.11 Å². The van der Waals surface area contributed by atoms with E-state index in [1.165, 1.54) is 0 Å². The fraction of sp³-hybridized carbons (Fsp3) is 0.786. The second kappa shape index (κ2) is 8.23. The van der Waals surface area contributed by atoms with Crippen molar-refractivity contribution in [2.45, 2.75) is 45.4 Å². The molecule has 1 aromatic heterocycles. The highest BCUT2D eigenvalue weighted by Gasteiger charge is 2.32. The van der Waals surface area contributed by atoms with Crippen LogP contribution < -0.4 is 4.57 Å². The third-order valence-electron chi connectivity index (χ3n) is 2.82. The molecule has 122 valence electrons. The summed E-state index contributed by atoms with van der Waals surface area (Å²) in [6.07, 6.45) is 7.35. The molecule has 0 atom stereocenters. The first-order valence-electron chi connectivity index (χ1n) is 7.53. The zero-order valence-corrected chi connectivity index (χ0v) is 16.4. The summed E-state index contributed by atoms with van der Waals surface area (Å²) in [4.78, 5) is 0. The molecule has 1 aromatic rings. The van der Waals surface area contributed by atoms with E-state index in [9.17, 15) is 0 Å². The van der Waals surface area contributed by atoms with Crippen LogP contribution in [-0.2, 0) is 26.3 Å². The van der Waals surface area contributed by atoms with Crippen LogP contribution in [0, 0.1) is 0 Å². The fourth-order valence-corrected chi connectivity index (χ4v) is 10.3. The second-order valence-corrected chi connectivity index (χ2v) is 15.8. The predicted molar refractivity (Wildman–Crippen MR) is 89.2 cm³/mol. The second-order valence-electron chi connectivity index (χ2n) is 6.90. The van der Waals surface area contributed by atoms with Crippen LogP contribution in [0.4, 0.5) is 0 Å². The van der Waals surface area contributed by atoms with Gasteiger partial charge in [-0.25, -0.2) is 9.13 Å². The Balaban J connectivity index is 2.40.